The van der Waals surface area contributed by atoms with E-state index >= 15 is 0 Å². The van der Waals surface area contributed by atoms with Gasteiger partial charge in [0, 0.05) is 24.7 Å². The maximum Gasteiger partial charge on any atom is 0.335 e. The van der Waals surface area contributed by atoms with E-state index in [9.17, 15) is 9.18 Å². The molecule has 1 aromatic rings. The van der Waals surface area contributed by atoms with Crippen LogP contribution in [0.25, 0.3) is 0 Å². The van der Waals surface area contributed by atoms with Gasteiger partial charge in [-0.1, -0.05) is 6.07 Å². The van der Waals surface area contributed by atoms with Gasteiger partial charge in [-0.05, 0) is 44.7 Å². The van der Waals surface area contributed by atoms with E-state index in [-0.39, 0.29) is 5.56 Å². The zero-order valence-corrected chi connectivity index (χ0v) is 11.4. The molecule has 19 heavy (non-hydrogen) atoms. The lowest BCUT2D eigenvalue weighted by Crippen LogP contribution is -2.32. The van der Waals surface area contributed by atoms with Crippen LogP contribution in [-0.2, 0) is 6.54 Å². The molecule has 1 saturated carbocycles. The number of nitrogens with zero attached hydrogens (tertiary/aromatic N) is 1. The van der Waals surface area contributed by atoms with Crippen LogP contribution in [-0.4, -0.2) is 28.6 Å². The number of hydrogen-bond acceptors (Lipinski definition) is 2. The molecule has 0 spiro atoms. The maximum absolute atomic E-state index is 13.9. The summed E-state index contributed by atoms with van der Waals surface area (Å²) in [4.78, 5) is 13.0. The first-order valence-electron chi connectivity index (χ1n) is 6.73. The number of aromatic carboxylic acids is 1. The zero-order chi connectivity index (χ0) is 14.0. The van der Waals surface area contributed by atoms with Crippen LogP contribution in [0.3, 0.4) is 0 Å². The van der Waals surface area contributed by atoms with Gasteiger partial charge >= 0.3 is 5.97 Å². The Bertz CT molecular complexity index is 469. The first-order valence-corrected chi connectivity index (χ1v) is 6.73. The molecule has 0 aliphatic heterocycles. The molecule has 0 amide bonds. The number of hydrogen-bond donors (Lipinski definition) is 1. The van der Waals surface area contributed by atoms with Crippen molar-refractivity contribution >= 4 is 5.97 Å². The lowest BCUT2D eigenvalue weighted by Gasteiger charge is -2.26. The molecule has 0 aromatic heterocycles. The minimum Gasteiger partial charge on any atom is -0.478 e. The summed E-state index contributed by atoms with van der Waals surface area (Å²) in [5.41, 5.74) is 0.568. The number of halogens is 1. The Morgan fingerprint density at radius 2 is 2.16 bits per heavy atom. The third kappa shape index (κ3) is 3.77. The molecule has 3 nitrogen and oxygen atoms in total. The summed E-state index contributed by atoms with van der Waals surface area (Å²) in [7, 11) is 0. The molecule has 1 fully saturated rings. The quantitative estimate of drug-likeness (QED) is 0.859. The third-order valence-electron chi connectivity index (χ3n) is 3.59. The normalized spacial score (nSPS) is 15.2. The maximum atomic E-state index is 13.9. The van der Waals surface area contributed by atoms with Crippen LogP contribution in [0.15, 0.2) is 18.2 Å². The predicted octanol–water partition coefficient (Wildman–Crippen LogP) is 3.14. The molecule has 104 valence electrons. The summed E-state index contributed by atoms with van der Waals surface area (Å²) in [6.07, 6.45) is 2.54. The molecule has 0 unspecified atom stereocenters. The number of rotatable bonds is 6. The molecule has 1 aliphatic carbocycles. The van der Waals surface area contributed by atoms with E-state index in [0.29, 0.717) is 18.2 Å². The molecule has 1 N–H and O–H groups in total. The first-order chi connectivity index (χ1) is 8.97. The summed E-state index contributed by atoms with van der Waals surface area (Å²) in [5.74, 6) is -0.769. The minimum atomic E-state index is -1.09. The van der Waals surface area contributed by atoms with Crippen LogP contribution in [0.5, 0.6) is 0 Å². The fourth-order valence-corrected chi connectivity index (χ4v) is 2.12. The van der Waals surface area contributed by atoms with Crippen molar-refractivity contribution in [3.63, 3.8) is 0 Å². The Hall–Kier alpha value is -1.42. The van der Waals surface area contributed by atoms with E-state index in [0.717, 1.165) is 18.5 Å². The second kappa shape index (κ2) is 5.70. The SMILES string of the molecule is CC(C)N(Cc1ccc(C(=O)O)cc1F)CC1CC1. The van der Waals surface area contributed by atoms with Crippen LogP contribution in [0.2, 0.25) is 0 Å². The number of carboxylic acid groups (broad SMARTS) is 1. The Kier molecular flexibility index (Phi) is 4.20. The van der Waals surface area contributed by atoms with Crippen LogP contribution < -0.4 is 0 Å². The number of carboxylic acids is 1. The number of carbonyl (C=O) groups is 1. The molecule has 0 heterocycles. The van der Waals surface area contributed by atoms with Gasteiger partial charge in [-0.2, -0.15) is 0 Å². The van der Waals surface area contributed by atoms with Crippen molar-refractivity contribution in [1.82, 2.24) is 4.90 Å². The molecule has 0 bridgehead atoms. The fraction of sp³-hybridized carbons (Fsp3) is 0.533. The lowest BCUT2D eigenvalue weighted by molar-refractivity contribution is 0.0696. The van der Waals surface area contributed by atoms with Gasteiger partial charge < -0.3 is 5.11 Å². The van der Waals surface area contributed by atoms with E-state index < -0.39 is 11.8 Å². The highest BCUT2D eigenvalue weighted by molar-refractivity contribution is 5.87. The molecular formula is C15H20FNO2. The molecule has 1 aliphatic rings. The van der Waals surface area contributed by atoms with Crippen LogP contribution in [0.1, 0.15) is 42.6 Å². The predicted molar refractivity (Wildman–Crippen MR) is 71.6 cm³/mol. The van der Waals surface area contributed by atoms with Gasteiger partial charge in [0.1, 0.15) is 5.82 Å². The second-order valence-electron chi connectivity index (χ2n) is 5.58. The minimum absolute atomic E-state index is 0.000426. The molecule has 0 radical (unpaired) electrons. The monoisotopic (exact) mass is 265 g/mol. The topological polar surface area (TPSA) is 40.5 Å². The van der Waals surface area contributed by atoms with Crippen molar-refractivity contribution in [3.8, 4) is 0 Å². The third-order valence-corrected chi connectivity index (χ3v) is 3.59. The van der Waals surface area contributed by atoms with Crippen LogP contribution >= 0.6 is 0 Å². The van der Waals surface area contributed by atoms with Crippen molar-refractivity contribution in [3.05, 3.63) is 35.1 Å². The summed E-state index contributed by atoms with van der Waals surface area (Å²) >= 11 is 0. The van der Waals surface area contributed by atoms with E-state index in [1.54, 1.807) is 6.07 Å². The average Bonchev–Trinajstić information content (AvgIpc) is 3.14. The highest BCUT2D eigenvalue weighted by Gasteiger charge is 2.26. The number of benzene rings is 1. The van der Waals surface area contributed by atoms with Crippen molar-refractivity contribution in [2.24, 2.45) is 5.92 Å². The highest BCUT2D eigenvalue weighted by Crippen LogP contribution is 2.31. The van der Waals surface area contributed by atoms with E-state index in [1.807, 2.05) is 0 Å². The van der Waals surface area contributed by atoms with Crippen LogP contribution in [0.4, 0.5) is 4.39 Å². The summed E-state index contributed by atoms with van der Waals surface area (Å²) in [5, 5.41) is 8.82. The molecule has 0 saturated heterocycles. The van der Waals surface area contributed by atoms with Gasteiger partial charge in [0.25, 0.3) is 0 Å². The second-order valence-corrected chi connectivity index (χ2v) is 5.58. The summed E-state index contributed by atoms with van der Waals surface area (Å²) in [6, 6.07) is 4.52. The molecule has 4 heteroatoms. The molecule has 1 aromatic carbocycles. The van der Waals surface area contributed by atoms with Crippen molar-refractivity contribution < 1.29 is 14.3 Å². The Labute approximate surface area is 113 Å². The largest absolute Gasteiger partial charge is 0.478 e. The van der Waals surface area contributed by atoms with E-state index in [2.05, 4.69) is 18.7 Å². The highest BCUT2D eigenvalue weighted by atomic mass is 19.1. The Morgan fingerprint density at radius 3 is 2.63 bits per heavy atom. The van der Waals surface area contributed by atoms with Gasteiger partial charge in [0.15, 0.2) is 0 Å². The van der Waals surface area contributed by atoms with Gasteiger partial charge in [-0.25, -0.2) is 9.18 Å². The van der Waals surface area contributed by atoms with E-state index in [4.69, 9.17) is 5.11 Å². The molecule has 0 atom stereocenters. The Balaban J connectivity index is 2.09. The lowest BCUT2D eigenvalue weighted by atomic mass is 10.1. The van der Waals surface area contributed by atoms with Gasteiger partial charge in [-0.3, -0.25) is 4.90 Å². The fourth-order valence-electron chi connectivity index (χ4n) is 2.12. The standard InChI is InChI=1S/C15H20FNO2/c1-10(2)17(8-11-3-4-11)9-13-6-5-12(15(18)19)7-14(13)16/h5-7,10-11H,3-4,8-9H2,1-2H3,(H,18,19). The zero-order valence-electron chi connectivity index (χ0n) is 11.4. The van der Waals surface area contributed by atoms with E-state index in [1.165, 1.54) is 18.9 Å². The summed E-state index contributed by atoms with van der Waals surface area (Å²) < 4.78 is 13.9. The van der Waals surface area contributed by atoms with Gasteiger partial charge in [0.2, 0.25) is 0 Å². The van der Waals surface area contributed by atoms with Crippen LogP contribution in [0, 0.1) is 11.7 Å². The van der Waals surface area contributed by atoms with Crippen molar-refractivity contribution in [2.75, 3.05) is 6.54 Å². The van der Waals surface area contributed by atoms with Crippen molar-refractivity contribution in [1.29, 1.82) is 0 Å². The van der Waals surface area contributed by atoms with Gasteiger partial charge in [-0.15, -0.1) is 0 Å². The summed E-state index contributed by atoms with van der Waals surface area (Å²) in [6.45, 7) is 5.75. The molecule has 2 rings (SSSR count). The average molecular weight is 265 g/mol. The first kappa shape index (κ1) is 14.0. The van der Waals surface area contributed by atoms with Gasteiger partial charge in [0.05, 0.1) is 5.56 Å². The smallest absolute Gasteiger partial charge is 0.335 e. The molecular weight excluding hydrogens is 245 g/mol. The van der Waals surface area contributed by atoms with Crippen molar-refractivity contribution in [2.45, 2.75) is 39.3 Å². The Morgan fingerprint density at radius 1 is 1.47 bits per heavy atom.